The van der Waals surface area contributed by atoms with Crippen molar-refractivity contribution in [2.75, 3.05) is 12.8 Å². The minimum absolute atomic E-state index is 0.647. The first kappa shape index (κ1) is 12.0. The lowest BCUT2D eigenvalue weighted by Gasteiger charge is -2.06. The van der Waals surface area contributed by atoms with E-state index in [4.69, 9.17) is 10.5 Å². The number of ether oxygens (including phenoxy) is 1. The van der Waals surface area contributed by atoms with Gasteiger partial charge in [-0.2, -0.15) is 0 Å². The van der Waals surface area contributed by atoms with E-state index in [2.05, 4.69) is 20.9 Å². The number of fused-ring (bicyclic) bond motifs is 1. The van der Waals surface area contributed by atoms with Gasteiger partial charge in [-0.1, -0.05) is 18.2 Å². The number of anilines is 1. The molecular weight excluding hydrogens is 306 g/mol. The zero-order valence-electron chi connectivity index (χ0n) is 10.3. The SMILES string of the molecule is COc1cccc(-c2nc(Br)c3cccc(N)n23)c1. The third-order valence-corrected chi connectivity index (χ3v) is 3.56. The Morgan fingerprint density at radius 3 is 2.79 bits per heavy atom. The molecule has 0 radical (unpaired) electrons. The van der Waals surface area contributed by atoms with Crippen LogP contribution in [0, 0.1) is 0 Å². The molecule has 19 heavy (non-hydrogen) atoms. The number of nitrogen functional groups attached to an aromatic ring is 1. The molecule has 0 fully saturated rings. The predicted molar refractivity (Wildman–Crippen MR) is 79.3 cm³/mol. The lowest BCUT2D eigenvalue weighted by Crippen LogP contribution is -1.98. The molecule has 3 rings (SSSR count). The van der Waals surface area contributed by atoms with Crippen molar-refractivity contribution in [1.82, 2.24) is 9.38 Å². The summed E-state index contributed by atoms with van der Waals surface area (Å²) in [6, 6.07) is 13.5. The molecule has 0 aliphatic rings. The first-order valence-electron chi connectivity index (χ1n) is 5.77. The van der Waals surface area contributed by atoms with Gasteiger partial charge in [0.05, 0.1) is 12.6 Å². The second-order valence-corrected chi connectivity index (χ2v) is 4.88. The Morgan fingerprint density at radius 2 is 2.00 bits per heavy atom. The van der Waals surface area contributed by atoms with Crippen LogP contribution in [0.15, 0.2) is 47.1 Å². The van der Waals surface area contributed by atoms with Crippen molar-refractivity contribution in [3.63, 3.8) is 0 Å². The van der Waals surface area contributed by atoms with E-state index in [9.17, 15) is 0 Å². The molecule has 0 aliphatic heterocycles. The number of halogens is 1. The summed E-state index contributed by atoms with van der Waals surface area (Å²) in [5.74, 6) is 2.23. The van der Waals surface area contributed by atoms with Crippen LogP contribution in [0.3, 0.4) is 0 Å². The first-order valence-corrected chi connectivity index (χ1v) is 6.57. The summed E-state index contributed by atoms with van der Waals surface area (Å²) in [4.78, 5) is 4.54. The van der Waals surface area contributed by atoms with Crippen molar-refractivity contribution < 1.29 is 4.74 Å². The maximum Gasteiger partial charge on any atom is 0.147 e. The van der Waals surface area contributed by atoms with E-state index >= 15 is 0 Å². The van der Waals surface area contributed by atoms with Crippen LogP contribution in [0.25, 0.3) is 16.9 Å². The highest BCUT2D eigenvalue weighted by atomic mass is 79.9. The van der Waals surface area contributed by atoms with Gasteiger partial charge in [-0.25, -0.2) is 4.98 Å². The predicted octanol–water partition coefficient (Wildman–Crippen LogP) is 3.35. The third kappa shape index (κ3) is 1.96. The average molecular weight is 318 g/mol. The summed E-state index contributed by atoms with van der Waals surface area (Å²) < 4.78 is 7.94. The molecule has 0 atom stereocenters. The van der Waals surface area contributed by atoms with E-state index < -0.39 is 0 Å². The van der Waals surface area contributed by atoms with E-state index in [0.29, 0.717) is 5.82 Å². The lowest BCUT2D eigenvalue weighted by atomic mass is 10.2. The van der Waals surface area contributed by atoms with Crippen LogP contribution >= 0.6 is 15.9 Å². The smallest absolute Gasteiger partial charge is 0.147 e. The van der Waals surface area contributed by atoms with E-state index in [1.54, 1.807) is 7.11 Å². The largest absolute Gasteiger partial charge is 0.497 e. The molecule has 0 amide bonds. The zero-order chi connectivity index (χ0) is 13.4. The fraction of sp³-hybridized carbons (Fsp3) is 0.0714. The minimum Gasteiger partial charge on any atom is -0.497 e. The number of nitrogens with zero attached hydrogens (tertiary/aromatic N) is 2. The Balaban J connectivity index is 2.30. The number of benzene rings is 1. The molecule has 5 heteroatoms. The quantitative estimate of drug-likeness (QED) is 0.788. The molecule has 0 aliphatic carbocycles. The second kappa shape index (κ2) is 4.59. The Labute approximate surface area is 119 Å². The molecule has 0 bridgehead atoms. The normalized spacial score (nSPS) is 10.8. The van der Waals surface area contributed by atoms with E-state index in [-0.39, 0.29) is 0 Å². The Bertz CT molecular complexity index is 752. The van der Waals surface area contributed by atoms with Crippen molar-refractivity contribution in [3.05, 3.63) is 47.1 Å². The molecule has 3 aromatic rings. The van der Waals surface area contributed by atoms with Gasteiger partial charge in [0.25, 0.3) is 0 Å². The molecule has 2 aromatic heterocycles. The minimum atomic E-state index is 0.647. The average Bonchev–Trinajstić information content (AvgIpc) is 2.78. The van der Waals surface area contributed by atoms with E-state index in [1.807, 2.05) is 46.9 Å². The van der Waals surface area contributed by atoms with Gasteiger partial charge in [0.1, 0.15) is 22.0 Å². The zero-order valence-corrected chi connectivity index (χ0v) is 11.9. The van der Waals surface area contributed by atoms with Crippen molar-refractivity contribution in [3.8, 4) is 17.1 Å². The number of pyridine rings is 1. The van der Waals surface area contributed by atoms with Crippen LogP contribution in [0.1, 0.15) is 0 Å². The second-order valence-electron chi connectivity index (χ2n) is 4.13. The monoisotopic (exact) mass is 317 g/mol. The highest BCUT2D eigenvalue weighted by Crippen LogP contribution is 2.29. The van der Waals surface area contributed by atoms with Gasteiger partial charge >= 0.3 is 0 Å². The highest BCUT2D eigenvalue weighted by molar-refractivity contribution is 9.10. The number of imidazole rings is 1. The number of nitrogens with two attached hydrogens (primary N) is 1. The Morgan fingerprint density at radius 1 is 1.21 bits per heavy atom. The summed E-state index contributed by atoms with van der Waals surface area (Å²) in [7, 11) is 1.65. The van der Waals surface area contributed by atoms with Crippen molar-refractivity contribution in [2.45, 2.75) is 0 Å². The molecule has 0 unspecified atom stereocenters. The number of hydrogen-bond donors (Lipinski definition) is 1. The Kier molecular flexibility index (Phi) is 2.91. The molecule has 0 spiro atoms. The topological polar surface area (TPSA) is 52.5 Å². The summed E-state index contributed by atoms with van der Waals surface area (Å²) in [5, 5.41) is 0. The standard InChI is InChI=1S/C14H12BrN3O/c1-19-10-5-2-4-9(8-10)14-17-13(15)11-6-3-7-12(16)18(11)14/h2-8H,16H2,1H3. The molecule has 2 N–H and O–H groups in total. The van der Waals surface area contributed by atoms with Gasteiger partial charge in [0.2, 0.25) is 0 Å². The Hall–Kier alpha value is -2.01. The van der Waals surface area contributed by atoms with Crippen molar-refractivity contribution in [2.24, 2.45) is 0 Å². The number of methoxy groups -OCH3 is 1. The molecule has 0 saturated carbocycles. The molecule has 0 saturated heterocycles. The maximum absolute atomic E-state index is 6.05. The molecule has 96 valence electrons. The van der Waals surface area contributed by atoms with Crippen molar-refractivity contribution >= 4 is 27.3 Å². The fourth-order valence-corrected chi connectivity index (χ4v) is 2.56. The highest BCUT2D eigenvalue weighted by Gasteiger charge is 2.13. The molecular formula is C14H12BrN3O. The van der Waals surface area contributed by atoms with E-state index in [0.717, 1.165) is 27.3 Å². The van der Waals surface area contributed by atoms with E-state index in [1.165, 1.54) is 0 Å². The molecule has 4 nitrogen and oxygen atoms in total. The van der Waals surface area contributed by atoms with Crippen molar-refractivity contribution in [1.29, 1.82) is 0 Å². The van der Waals surface area contributed by atoms with Gasteiger partial charge < -0.3 is 10.5 Å². The third-order valence-electron chi connectivity index (χ3n) is 2.98. The van der Waals surface area contributed by atoms with Gasteiger partial charge in [0.15, 0.2) is 0 Å². The van der Waals surface area contributed by atoms with Crippen LogP contribution in [0.2, 0.25) is 0 Å². The summed E-state index contributed by atoms with van der Waals surface area (Å²) in [6.45, 7) is 0. The van der Waals surface area contributed by atoms with Crippen LogP contribution in [-0.2, 0) is 0 Å². The maximum atomic E-state index is 6.05. The van der Waals surface area contributed by atoms with Crippen LogP contribution in [0.5, 0.6) is 5.75 Å². The number of rotatable bonds is 2. The molecule has 1 aromatic carbocycles. The summed E-state index contributed by atoms with van der Waals surface area (Å²) in [5.41, 5.74) is 7.95. The number of aromatic nitrogens is 2. The number of hydrogen-bond acceptors (Lipinski definition) is 3. The van der Waals surface area contributed by atoms with Crippen LogP contribution in [0.4, 0.5) is 5.82 Å². The summed E-state index contributed by atoms with van der Waals surface area (Å²) >= 11 is 3.47. The lowest BCUT2D eigenvalue weighted by molar-refractivity contribution is 0.415. The van der Waals surface area contributed by atoms with Crippen LogP contribution < -0.4 is 10.5 Å². The first-order chi connectivity index (χ1) is 9.20. The van der Waals surface area contributed by atoms with Gasteiger partial charge in [-0.05, 0) is 40.2 Å². The van der Waals surface area contributed by atoms with Gasteiger partial charge in [0, 0.05) is 5.56 Å². The van der Waals surface area contributed by atoms with Gasteiger partial charge in [-0.3, -0.25) is 4.40 Å². The summed E-state index contributed by atoms with van der Waals surface area (Å²) in [6.07, 6.45) is 0. The van der Waals surface area contributed by atoms with Crippen LogP contribution in [-0.4, -0.2) is 16.5 Å². The fourth-order valence-electron chi connectivity index (χ4n) is 2.08. The molecule has 2 heterocycles. The van der Waals surface area contributed by atoms with Gasteiger partial charge in [-0.15, -0.1) is 0 Å².